The molecule has 5 nitrogen and oxygen atoms in total. The van der Waals surface area contributed by atoms with E-state index in [0.717, 1.165) is 35.4 Å². The number of benzene rings is 1. The Morgan fingerprint density at radius 1 is 1.17 bits per heavy atom. The second-order valence-corrected chi connectivity index (χ2v) is 9.06. The number of hydrogen-bond donors (Lipinski definition) is 1. The van der Waals surface area contributed by atoms with Crippen molar-refractivity contribution in [1.29, 1.82) is 0 Å². The highest BCUT2D eigenvalue weighted by molar-refractivity contribution is 9.10. The first-order chi connectivity index (χ1) is 13.7. The fourth-order valence-corrected chi connectivity index (χ4v) is 4.41. The van der Waals surface area contributed by atoms with E-state index in [1.54, 1.807) is 0 Å². The average molecular weight is 464 g/mol. The molecule has 1 heterocycles. The zero-order chi connectivity index (χ0) is 21.6. The zero-order valence-electron chi connectivity index (χ0n) is 18.1. The van der Waals surface area contributed by atoms with Crippen LogP contribution >= 0.6 is 15.9 Å². The van der Waals surface area contributed by atoms with Crippen molar-refractivity contribution in [1.82, 2.24) is 9.80 Å². The van der Waals surface area contributed by atoms with Gasteiger partial charge in [-0.1, -0.05) is 36.4 Å². The lowest BCUT2D eigenvalue weighted by Gasteiger charge is -2.35. The van der Waals surface area contributed by atoms with Crippen molar-refractivity contribution in [3.63, 3.8) is 0 Å². The molecule has 0 aliphatic carbocycles. The topological polar surface area (TPSA) is 52.7 Å². The van der Waals surface area contributed by atoms with E-state index in [1.165, 1.54) is 0 Å². The summed E-state index contributed by atoms with van der Waals surface area (Å²) in [5.41, 5.74) is 2.11. The second-order valence-electron chi connectivity index (χ2n) is 8.14. The maximum Gasteiger partial charge on any atom is 0.256 e. The van der Waals surface area contributed by atoms with Gasteiger partial charge in [-0.05, 0) is 56.7 Å². The summed E-state index contributed by atoms with van der Waals surface area (Å²) in [6.45, 7) is 15.4. The van der Waals surface area contributed by atoms with Crippen molar-refractivity contribution < 1.29 is 9.59 Å². The molecular weight excluding hydrogens is 430 g/mol. The lowest BCUT2D eigenvalue weighted by molar-refractivity contribution is -0.130. The molecule has 1 aromatic rings. The Morgan fingerprint density at radius 2 is 1.79 bits per heavy atom. The first-order valence-electron chi connectivity index (χ1n) is 10.6. The minimum atomic E-state index is 0.0409. The van der Waals surface area contributed by atoms with E-state index in [4.69, 9.17) is 0 Å². The van der Waals surface area contributed by atoms with Crippen molar-refractivity contribution in [3.8, 4) is 0 Å². The number of anilines is 1. The summed E-state index contributed by atoms with van der Waals surface area (Å²) in [4.78, 5) is 29.3. The van der Waals surface area contributed by atoms with E-state index in [2.05, 4.69) is 41.7 Å². The molecule has 1 fully saturated rings. The summed E-state index contributed by atoms with van der Waals surface area (Å²) in [6.07, 6.45) is 2.11. The number of rotatable bonds is 8. The van der Waals surface area contributed by atoms with Crippen LogP contribution in [0.25, 0.3) is 0 Å². The second kappa shape index (κ2) is 10.8. The SMILES string of the molecule is C=C(CCC(=O)N(CC)CC)Nc1ccc(Br)cc1C(=O)N1C[C@H](C)C[C@H](C)C1. The van der Waals surface area contributed by atoms with Crippen LogP contribution in [0.2, 0.25) is 0 Å². The summed E-state index contributed by atoms with van der Waals surface area (Å²) in [5.74, 6) is 1.18. The number of hydrogen-bond acceptors (Lipinski definition) is 3. The van der Waals surface area contributed by atoms with E-state index in [0.29, 0.717) is 43.3 Å². The molecule has 29 heavy (non-hydrogen) atoms. The molecule has 0 saturated carbocycles. The fraction of sp³-hybridized carbons (Fsp3) is 0.565. The molecule has 160 valence electrons. The summed E-state index contributed by atoms with van der Waals surface area (Å²) < 4.78 is 0.867. The van der Waals surface area contributed by atoms with Crippen molar-refractivity contribution >= 4 is 33.4 Å². The number of likely N-dealkylation sites (tertiary alicyclic amines) is 1. The molecule has 6 heteroatoms. The number of piperidine rings is 1. The Bertz CT molecular complexity index is 736. The molecule has 0 unspecified atom stereocenters. The molecule has 0 spiro atoms. The number of halogens is 1. The van der Waals surface area contributed by atoms with Crippen LogP contribution in [0.1, 0.15) is 57.3 Å². The van der Waals surface area contributed by atoms with E-state index in [-0.39, 0.29) is 11.8 Å². The van der Waals surface area contributed by atoms with Crippen LogP contribution in [0.3, 0.4) is 0 Å². The molecule has 2 rings (SSSR count). The van der Waals surface area contributed by atoms with Gasteiger partial charge in [0, 0.05) is 42.8 Å². The van der Waals surface area contributed by atoms with Gasteiger partial charge in [-0.25, -0.2) is 0 Å². The molecule has 0 bridgehead atoms. The van der Waals surface area contributed by atoms with Crippen molar-refractivity contribution in [2.45, 2.75) is 47.0 Å². The standard InChI is InChI=1S/C23H34BrN3O2/c1-6-26(7-2)22(28)11-8-18(5)25-21-10-9-19(24)13-20(21)23(29)27-14-16(3)12-17(4)15-27/h9-10,13,16-17,25H,5-8,11-12,14-15H2,1-4H3/t16-,17+. The van der Waals surface area contributed by atoms with Crippen molar-refractivity contribution in [2.75, 3.05) is 31.5 Å². The van der Waals surface area contributed by atoms with Crippen LogP contribution in [0, 0.1) is 11.8 Å². The van der Waals surface area contributed by atoms with Crippen molar-refractivity contribution in [2.24, 2.45) is 11.8 Å². The number of nitrogens with zero attached hydrogens (tertiary/aromatic N) is 2. The van der Waals surface area contributed by atoms with Crippen molar-refractivity contribution in [3.05, 3.63) is 40.5 Å². The molecule has 2 amide bonds. The number of nitrogens with one attached hydrogen (secondary N) is 1. The molecule has 1 aromatic carbocycles. The highest BCUT2D eigenvalue weighted by atomic mass is 79.9. The van der Waals surface area contributed by atoms with Crippen LogP contribution in [0.4, 0.5) is 5.69 Å². The average Bonchev–Trinajstić information content (AvgIpc) is 2.67. The zero-order valence-corrected chi connectivity index (χ0v) is 19.7. The lowest BCUT2D eigenvalue weighted by Crippen LogP contribution is -2.42. The number of carbonyl (C=O) groups excluding carboxylic acids is 2. The Kier molecular flexibility index (Phi) is 8.75. The Balaban J connectivity index is 2.09. The molecular formula is C23H34BrN3O2. The van der Waals surface area contributed by atoms with Gasteiger partial charge in [-0.15, -0.1) is 0 Å². The Labute approximate surface area is 183 Å². The van der Waals surface area contributed by atoms with E-state index in [1.807, 2.05) is 41.8 Å². The molecule has 1 aliphatic heterocycles. The predicted molar refractivity (Wildman–Crippen MR) is 123 cm³/mol. The maximum absolute atomic E-state index is 13.3. The summed E-state index contributed by atoms with van der Waals surface area (Å²) in [7, 11) is 0. The Hall–Kier alpha value is -1.82. The van der Waals surface area contributed by atoms with Gasteiger partial charge in [0.1, 0.15) is 0 Å². The highest BCUT2D eigenvalue weighted by Crippen LogP contribution is 2.28. The summed E-state index contributed by atoms with van der Waals surface area (Å²) in [5, 5.41) is 3.28. The monoisotopic (exact) mass is 463 g/mol. The first kappa shape index (κ1) is 23.5. The lowest BCUT2D eigenvalue weighted by atomic mass is 9.91. The van der Waals surface area contributed by atoms with E-state index >= 15 is 0 Å². The summed E-state index contributed by atoms with van der Waals surface area (Å²) >= 11 is 3.49. The fourth-order valence-electron chi connectivity index (χ4n) is 4.05. The van der Waals surface area contributed by atoms with Crippen LogP contribution in [-0.2, 0) is 4.79 Å². The number of amides is 2. The van der Waals surface area contributed by atoms with Gasteiger partial charge in [-0.2, -0.15) is 0 Å². The van der Waals surface area contributed by atoms with Gasteiger partial charge in [0.2, 0.25) is 5.91 Å². The molecule has 1 aliphatic rings. The summed E-state index contributed by atoms with van der Waals surface area (Å²) in [6, 6.07) is 5.67. The van der Waals surface area contributed by atoms with Gasteiger partial charge < -0.3 is 15.1 Å². The quantitative estimate of drug-likeness (QED) is 0.580. The van der Waals surface area contributed by atoms with Crippen LogP contribution in [-0.4, -0.2) is 47.8 Å². The van der Waals surface area contributed by atoms with E-state index < -0.39 is 0 Å². The molecule has 2 atom stereocenters. The van der Waals surface area contributed by atoms with Gasteiger partial charge in [0.05, 0.1) is 11.3 Å². The highest BCUT2D eigenvalue weighted by Gasteiger charge is 2.27. The Morgan fingerprint density at radius 3 is 2.38 bits per heavy atom. The molecule has 0 aromatic heterocycles. The van der Waals surface area contributed by atoms with E-state index in [9.17, 15) is 9.59 Å². The van der Waals surface area contributed by atoms with Gasteiger partial charge in [-0.3, -0.25) is 9.59 Å². The minimum absolute atomic E-state index is 0.0409. The van der Waals surface area contributed by atoms with Gasteiger partial charge in [0.15, 0.2) is 0 Å². The third kappa shape index (κ3) is 6.59. The predicted octanol–water partition coefficient (Wildman–Crippen LogP) is 5.14. The van der Waals surface area contributed by atoms with Crippen LogP contribution in [0.5, 0.6) is 0 Å². The molecule has 1 N–H and O–H groups in total. The number of allylic oxidation sites excluding steroid dienone is 1. The maximum atomic E-state index is 13.3. The number of carbonyl (C=O) groups is 2. The largest absolute Gasteiger partial charge is 0.359 e. The smallest absolute Gasteiger partial charge is 0.256 e. The minimum Gasteiger partial charge on any atom is -0.359 e. The molecule has 0 radical (unpaired) electrons. The van der Waals surface area contributed by atoms with Gasteiger partial charge in [0.25, 0.3) is 5.91 Å². The molecule has 1 saturated heterocycles. The normalized spacial score (nSPS) is 19.0. The van der Waals surface area contributed by atoms with Crippen LogP contribution in [0.15, 0.2) is 34.9 Å². The van der Waals surface area contributed by atoms with Gasteiger partial charge >= 0.3 is 0 Å². The van der Waals surface area contributed by atoms with Crippen LogP contribution < -0.4 is 5.32 Å². The third-order valence-corrected chi connectivity index (χ3v) is 5.93. The first-order valence-corrected chi connectivity index (χ1v) is 11.4. The third-order valence-electron chi connectivity index (χ3n) is 5.44.